The Hall–Kier alpha value is -3.15. The SMILES string of the molecule is O=C(O)CCn1cc(C(=O)O)c(-c2ccc3ccccc3c2)n1. The summed E-state index contributed by atoms with van der Waals surface area (Å²) in [5.74, 6) is -2.04. The molecule has 116 valence electrons. The van der Waals surface area contributed by atoms with E-state index in [1.165, 1.54) is 10.9 Å². The lowest BCUT2D eigenvalue weighted by Gasteiger charge is -2.02. The molecule has 0 unspecified atom stereocenters. The van der Waals surface area contributed by atoms with Gasteiger partial charge in [0.05, 0.1) is 13.0 Å². The molecule has 3 aromatic rings. The van der Waals surface area contributed by atoms with Crippen molar-refractivity contribution in [1.82, 2.24) is 9.78 Å². The van der Waals surface area contributed by atoms with Crippen LogP contribution < -0.4 is 0 Å². The molecule has 3 rings (SSSR count). The molecule has 0 saturated carbocycles. The van der Waals surface area contributed by atoms with Gasteiger partial charge in [0.25, 0.3) is 0 Å². The van der Waals surface area contributed by atoms with Gasteiger partial charge in [-0.3, -0.25) is 9.48 Å². The van der Waals surface area contributed by atoms with Crippen LogP contribution >= 0.6 is 0 Å². The number of aromatic nitrogens is 2. The summed E-state index contributed by atoms with van der Waals surface area (Å²) in [4.78, 5) is 22.1. The average molecular weight is 310 g/mol. The van der Waals surface area contributed by atoms with Crippen LogP contribution in [0.1, 0.15) is 16.8 Å². The first-order chi connectivity index (χ1) is 11.0. The van der Waals surface area contributed by atoms with Crippen LogP contribution in [0.25, 0.3) is 22.0 Å². The summed E-state index contributed by atoms with van der Waals surface area (Å²) in [6.07, 6.45) is 1.26. The summed E-state index contributed by atoms with van der Waals surface area (Å²) in [7, 11) is 0. The number of rotatable bonds is 5. The van der Waals surface area contributed by atoms with Crippen LogP contribution in [0.2, 0.25) is 0 Å². The fraction of sp³-hybridized carbons (Fsp3) is 0.118. The maximum Gasteiger partial charge on any atom is 0.339 e. The average Bonchev–Trinajstić information content (AvgIpc) is 2.97. The maximum atomic E-state index is 11.4. The van der Waals surface area contributed by atoms with E-state index in [0.717, 1.165) is 10.8 Å². The van der Waals surface area contributed by atoms with Crippen molar-refractivity contribution in [3.63, 3.8) is 0 Å². The molecule has 0 aliphatic heterocycles. The van der Waals surface area contributed by atoms with Crippen LogP contribution in [0.5, 0.6) is 0 Å². The Kier molecular flexibility index (Phi) is 3.80. The highest BCUT2D eigenvalue weighted by Crippen LogP contribution is 2.26. The van der Waals surface area contributed by atoms with Gasteiger partial charge < -0.3 is 10.2 Å². The van der Waals surface area contributed by atoms with Crippen molar-refractivity contribution in [2.75, 3.05) is 0 Å². The van der Waals surface area contributed by atoms with Gasteiger partial charge in [0.15, 0.2) is 0 Å². The summed E-state index contributed by atoms with van der Waals surface area (Å²) in [6.45, 7) is 0.128. The van der Waals surface area contributed by atoms with Crippen molar-refractivity contribution in [1.29, 1.82) is 0 Å². The molecule has 0 saturated heterocycles. The molecule has 0 radical (unpaired) electrons. The quantitative estimate of drug-likeness (QED) is 0.756. The predicted octanol–water partition coefficient (Wildman–Crippen LogP) is 2.88. The van der Waals surface area contributed by atoms with Crippen molar-refractivity contribution >= 4 is 22.7 Å². The van der Waals surface area contributed by atoms with Crippen molar-refractivity contribution < 1.29 is 19.8 Å². The molecule has 6 heteroatoms. The van der Waals surface area contributed by atoms with Gasteiger partial charge in [-0.15, -0.1) is 0 Å². The zero-order valence-corrected chi connectivity index (χ0v) is 12.1. The summed E-state index contributed by atoms with van der Waals surface area (Å²) in [6, 6.07) is 13.4. The predicted molar refractivity (Wildman–Crippen MR) is 84.4 cm³/mol. The number of hydrogen-bond acceptors (Lipinski definition) is 3. The van der Waals surface area contributed by atoms with E-state index in [-0.39, 0.29) is 18.5 Å². The first kappa shape index (κ1) is 14.8. The fourth-order valence-corrected chi connectivity index (χ4v) is 2.45. The molecular formula is C17H14N2O4. The number of aryl methyl sites for hydroxylation is 1. The molecule has 2 aromatic carbocycles. The molecule has 0 amide bonds. The Morgan fingerprint density at radius 3 is 2.48 bits per heavy atom. The van der Waals surface area contributed by atoms with Crippen LogP contribution in [0.3, 0.4) is 0 Å². The number of carboxylic acid groups (broad SMARTS) is 2. The molecule has 0 bridgehead atoms. The lowest BCUT2D eigenvalue weighted by Crippen LogP contribution is -2.05. The van der Waals surface area contributed by atoms with E-state index in [0.29, 0.717) is 11.3 Å². The summed E-state index contributed by atoms with van der Waals surface area (Å²) in [5, 5.41) is 24.4. The summed E-state index contributed by atoms with van der Waals surface area (Å²) in [5.41, 5.74) is 1.09. The van der Waals surface area contributed by atoms with Gasteiger partial charge >= 0.3 is 11.9 Å². The number of hydrogen-bond donors (Lipinski definition) is 2. The van der Waals surface area contributed by atoms with Crippen molar-refractivity contribution in [3.8, 4) is 11.3 Å². The molecular weight excluding hydrogens is 296 g/mol. The second-order valence-corrected chi connectivity index (χ2v) is 5.17. The molecule has 1 aromatic heterocycles. The third-order valence-corrected chi connectivity index (χ3v) is 3.57. The lowest BCUT2D eigenvalue weighted by molar-refractivity contribution is -0.137. The normalized spacial score (nSPS) is 10.8. The Morgan fingerprint density at radius 2 is 1.78 bits per heavy atom. The Labute approximate surface area is 131 Å². The number of nitrogens with zero attached hydrogens (tertiary/aromatic N) is 2. The van der Waals surface area contributed by atoms with Gasteiger partial charge in [0, 0.05) is 11.8 Å². The highest BCUT2D eigenvalue weighted by atomic mass is 16.4. The summed E-state index contributed by atoms with van der Waals surface area (Å²) < 4.78 is 1.36. The molecule has 0 aliphatic carbocycles. The molecule has 6 nitrogen and oxygen atoms in total. The van der Waals surface area contributed by atoms with Gasteiger partial charge in [0.2, 0.25) is 0 Å². The van der Waals surface area contributed by atoms with Crippen molar-refractivity contribution in [3.05, 3.63) is 54.2 Å². The Balaban J connectivity index is 2.05. The van der Waals surface area contributed by atoms with Crippen LogP contribution in [-0.2, 0) is 11.3 Å². The zero-order chi connectivity index (χ0) is 16.4. The van der Waals surface area contributed by atoms with Crippen LogP contribution in [-0.4, -0.2) is 31.9 Å². The smallest absolute Gasteiger partial charge is 0.339 e. The third kappa shape index (κ3) is 3.06. The second kappa shape index (κ2) is 5.92. The van der Waals surface area contributed by atoms with E-state index in [1.807, 2.05) is 42.5 Å². The van der Waals surface area contributed by atoms with Crippen molar-refractivity contribution in [2.24, 2.45) is 0 Å². The number of aromatic carboxylic acids is 1. The lowest BCUT2D eigenvalue weighted by atomic mass is 10.0. The molecule has 23 heavy (non-hydrogen) atoms. The largest absolute Gasteiger partial charge is 0.481 e. The van der Waals surface area contributed by atoms with Gasteiger partial charge in [-0.25, -0.2) is 4.79 Å². The minimum atomic E-state index is -1.09. The Bertz CT molecular complexity index is 898. The standard InChI is InChI=1S/C17H14N2O4/c20-15(21)7-8-19-10-14(17(22)23)16(18-19)13-6-5-11-3-1-2-4-12(11)9-13/h1-6,9-10H,7-8H2,(H,20,21)(H,22,23). The van der Waals surface area contributed by atoms with Gasteiger partial charge in [0.1, 0.15) is 11.3 Å². The van der Waals surface area contributed by atoms with Gasteiger partial charge in [-0.2, -0.15) is 5.10 Å². The highest BCUT2D eigenvalue weighted by Gasteiger charge is 2.17. The van der Waals surface area contributed by atoms with Crippen LogP contribution in [0, 0.1) is 0 Å². The minimum absolute atomic E-state index is 0.0608. The number of aliphatic carboxylic acids is 1. The molecule has 2 N–H and O–H groups in total. The van der Waals surface area contributed by atoms with Crippen molar-refractivity contribution in [2.45, 2.75) is 13.0 Å². The Morgan fingerprint density at radius 1 is 1.04 bits per heavy atom. The molecule has 0 fully saturated rings. The van der Waals surface area contributed by atoms with Crippen LogP contribution in [0.4, 0.5) is 0 Å². The number of carbonyl (C=O) groups is 2. The topological polar surface area (TPSA) is 92.4 Å². The zero-order valence-electron chi connectivity index (χ0n) is 12.1. The van der Waals surface area contributed by atoms with E-state index in [2.05, 4.69) is 5.10 Å². The minimum Gasteiger partial charge on any atom is -0.481 e. The first-order valence-corrected chi connectivity index (χ1v) is 7.06. The monoisotopic (exact) mass is 310 g/mol. The van der Waals surface area contributed by atoms with Gasteiger partial charge in [-0.1, -0.05) is 36.4 Å². The number of benzene rings is 2. The molecule has 1 heterocycles. The first-order valence-electron chi connectivity index (χ1n) is 7.06. The number of carboxylic acids is 2. The van der Waals surface area contributed by atoms with E-state index < -0.39 is 11.9 Å². The van der Waals surface area contributed by atoms with E-state index >= 15 is 0 Å². The maximum absolute atomic E-state index is 11.4. The van der Waals surface area contributed by atoms with E-state index in [9.17, 15) is 14.7 Å². The number of fused-ring (bicyclic) bond motifs is 1. The third-order valence-electron chi connectivity index (χ3n) is 3.57. The van der Waals surface area contributed by atoms with E-state index in [1.54, 1.807) is 0 Å². The second-order valence-electron chi connectivity index (χ2n) is 5.17. The van der Waals surface area contributed by atoms with E-state index in [4.69, 9.17) is 5.11 Å². The molecule has 0 spiro atoms. The fourth-order valence-electron chi connectivity index (χ4n) is 2.45. The highest BCUT2D eigenvalue weighted by molar-refractivity contribution is 5.96. The molecule has 0 aliphatic rings. The summed E-state index contributed by atoms with van der Waals surface area (Å²) >= 11 is 0. The molecule has 0 atom stereocenters. The van der Waals surface area contributed by atoms with Crippen LogP contribution in [0.15, 0.2) is 48.7 Å². The van der Waals surface area contributed by atoms with Gasteiger partial charge in [-0.05, 0) is 16.8 Å².